The third kappa shape index (κ3) is 3.69. The molecule has 3 atom stereocenters. The van der Waals surface area contributed by atoms with E-state index in [1.54, 1.807) is 0 Å². The third-order valence-electron chi connectivity index (χ3n) is 9.15. The van der Waals surface area contributed by atoms with Crippen LogP contribution in [0.25, 0.3) is 0 Å². The van der Waals surface area contributed by atoms with Crippen LogP contribution in [-0.4, -0.2) is 69.4 Å². The van der Waals surface area contributed by atoms with Gasteiger partial charge >= 0.3 is 0 Å². The largest absolute Gasteiger partial charge is 0.508 e. The Labute approximate surface area is 197 Å². The second kappa shape index (κ2) is 8.07. The summed E-state index contributed by atoms with van der Waals surface area (Å²) in [5.74, 6) is 1.15. The zero-order chi connectivity index (χ0) is 22.6. The van der Waals surface area contributed by atoms with E-state index in [0.29, 0.717) is 5.75 Å². The van der Waals surface area contributed by atoms with Crippen LogP contribution in [0.1, 0.15) is 54.6 Å². The summed E-state index contributed by atoms with van der Waals surface area (Å²) in [6.07, 6.45) is 7.27. The van der Waals surface area contributed by atoms with E-state index in [4.69, 9.17) is 4.98 Å². The molecule has 1 aromatic carbocycles. The average Bonchev–Trinajstić information content (AvgIpc) is 3.62. The van der Waals surface area contributed by atoms with Crippen molar-refractivity contribution in [1.29, 1.82) is 0 Å². The fourth-order valence-corrected chi connectivity index (χ4v) is 7.15. The molecule has 5 nitrogen and oxygen atoms in total. The van der Waals surface area contributed by atoms with E-state index in [9.17, 15) is 10.2 Å². The zero-order valence-corrected chi connectivity index (χ0v) is 19.8. The predicted octanol–water partition coefficient (Wildman–Crippen LogP) is 3.44. The fraction of sp³-hybridized carbons (Fsp3) is 0.607. The maximum absolute atomic E-state index is 12.6. The van der Waals surface area contributed by atoms with Crippen LogP contribution in [0.2, 0.25) is 0 Å². The number of benzene rings is 1. The van der Waals surface area contributed by atoms with Gasteiger partial charge in [-0.25, -0.2) is 0 Å². The van der Waals surface area contributed by atoms with Crippen LogP contribution in [0.15, 0.2) is 36.4 Å². The second-order valence-corrected chi connectivity index (χ2v) is 11.1. The van der Waals surface area contributed by atoms with Gasteiger partial charge in [-0.05, 0) is 99.8 Å². The van der Waals surface area contributed by atoms with E-state index in [0.717, 1.165) is 82.1 Å². The van der Waals surface area contributed by atoms with Crippen LogP contribution in [0.5, 0.6) is 5.75 Å². The highest BCUT2D eigenvalue weighted by Crippen LogP contribution is 2.56. The summed E-state index contributed by atoms with van der Waals surface area (Å²) in [5.41, 5.74) is 3.77. The first-order valence-electron chi connectivity index (χ1n) is 12.9. The first-order valence-corrected chi connectivity index (χ1v) is 12.9. The Morgan fingerprint density at radius 1 is 1.06 bits per heavy atom. The Morgan fingerprint density at radius 2 is 1.88 bits per heavy atom. The van der Waals surface area contributed by atoms with Crippen LogP contribution >= 0.6 is 0 Å². The van der Waals surface area contributed by atoms with Crippen molar-refractivity contribution in [2.45, 2.75) is 68.9 Å². The van der Waals surface area contributed by atoms with Gasteiger partial charge in [0.2, 0.25) is 0 Å². The number of hydrogen-bond donors (Lipinski definition) is 2. The lowest BCUT2D eigenvalue weighted by molar-refractivity contribution is -0.149. The SMILES string of the molecule is Cc1cccc(CCN2CC[C@]34CCN(CC5CC5)[C@H](Cc5ccc(O)cc53)[C@]4(O)CC2)n1. The zero-order valence-electron chi connectivity index (χ0n) is 19.8. The van der Waals surface area contributed by atoms with Crippen LogP contribution in [-0.2, 0) is 18.3 Å². The quantitative estimate of drug-likeness (QED) is 0.735. The van der Waals surface area contributed by atoms with E-state index in [-0.39, 0.29) is 11.5 Å². The summed E-state index contributed by atoms with van der Waals surface area (Å²) in [6.45, 7) is 7.14. The molecule has 2 N–H and O–H groups in total. The second-order valence-electron chi connectivity index (χ2n) is 11.1. The standard InChI is InChI=1S/C28H37N3O2/c1-20-3-2-4-23(29-20)9-13-30-14-10-27-11-16-31(19-21-5-6-21)26(28(27,33)12-15-30)17-22-7-8-24(32)18-25(22)27/h2-4,7-8,18,21,26,32-33H,5-6,9-17,19H2,1H3/t26-,27+,28-/m1/s1. The number of aryl methyl sites for hydroxylation is 1. The molecule has 2 bridgehead atoms. The lowest BCUT2D eigenvalue weighted by atomic mass is 9.52. The summed E-state index contributed by atoms with van der Waals surface area (Å²) < 4.78 is 0. The molecular weight excluding hydrogens is 410 g/mol. The molecule has 4 aliphatic rings. The maximum atomic E-state index is 12.6. The number of rotatable bonds is 5. The van der Waals surface area contributed by atoms with Gasteiger partial charge in [-0.2, -0.15) is 0 Å². The van der Waals surface area contributed by atoms with Crippen LogP contribution < -0.4 is 0 Å². The van der Waals surface area contributed by atoms with E-state index < -0.39 is 5.60 Å². The van der Waals surface area contributed by atoms with Crippen LogP contribution in [0.3, 0.4) is 0 Å². The normalized spacial score (nSPS) is 32.1. The number of aliphatic hydroxyl groups is 1. The third-order valence-corrected chi connectivity index (χ3v) is 9.15. The lowest BCUT2D eigenvalue weighted by Crippen LogP contribution is -2.71. The molecular formula is C28H37N3O2. The Balaban J connectivity index is 1.30. The molecule has 176 valence electrons. The molecule has 0 amide bonds. The molecule has 6 rings (SSSR count). The lowest BCUT2D eigenvalue weighted by Gasteiger charge is -2.61. The van der Waals surface area contributed by atoms with E-state index in [2.05, 4.69) is 41.0 Å². The van der Waals surface area contributed by atoms with E-state index in [1.807, 2.05) is 12.1 Å². The number of phenols is 1. The molecule has 1 saturated carbocycles. The molecule has 2 aliphatic heterocycles. The molecule has 3 heterocycles. The monoisotopic (exact) mass is 447 g/mol. The molecule has 0 unspecified atom stereocenters. The van der Waals surface area contributed by atoms with Crippen molar-refractivity contribution in [2.24, 2.45) is 5.92 Å². The number of aromatic nitrogens is 1. The Bertz CT molecular complexity index is 1040. The Morgan fingerprint density at radius 3 is 2.70 bits per heavy atom. The average molecular weight is 448 g/mol. The Hall–Kier alpha value is -1.95. The molecule has 2 aromatic rings. The summed E-state index contributed by atoms with van der Waals surface area (Å²) in [4.78, 5) is 9.85. The fourth-order valence-electron chi connectivity index (χ4n) is 7.15. The summed E-state index contributed by atoms with van der Waals surface area (Å²) in [7, 11) is 0. The maximum Gasteiger partial charge on any atom is 0.115 e. The first kappa shape index (κ1) is 21.6. The molecule has 33 heavy (non-hydrogen) atoms. The van der Waals surface area contributed by atoms with Gasteiger partial charge in [-0.3, -0.25) is 9.88 Å². The van der Waals surface area contributed by atoms with Crippen molar-refractivity contribution in [1.82, 2.24) is 14.8 Å². The van der Waals surface area contributed by atoms with Crippen LogP contribution in [0, 0.1) is 12.8 Å². The molecule has 2 aliphatic carbocycles. The number of phenolic OH excluding ortho intramolecular Hbond substituents is 1. The van der Waals surface area contributed by atoms with Crippen molar-refractivity contribution in [3.63, 3.8) is 0 Å². The predicted molar refractivity (Wildman–Crippen MR) is 129 cm³/mol. The summed E-state index contributed by atoms with van der Waals surface area (Å²) in [6, 6.07) is 12.4. The van der Waals surface area contributed by atoms with Crippen molar-refractivity contribution in [3.8, 4) is 5.75 Å². The molecule has 1 aromatic heterocycles. The van der Waals surface area contributed by atoms with Crippen LogP contribution in [0.4, 0.5) is 0 Å². The minimum Gasteiger partial charge on any atom is -0.508 e. The minimum atomic E-state index is -0.739. The number of fused-ring (bicyclic) bond motifs is 1. The number of aromatic hydroxyl groups is 1. The summed E-state index contributed by atoms with van der Waals surface area (Å²) >= 11 is 0. The van der Waals surface area contributed by atoms with Gasteiger partial charge in [0.25, 0.3) is 0 Å². The molecule has 0 spiro atoms. The molecule has 3 fully saturated rings. The first-order chi connectivity index (χ1) is 16.0. The smallest absolute Gasteiger partial charge is 0.115 e. The van der Waals surface area contributed by atoms with Gasteiger partial charge in [0.05, 0.1) is 5.60 Å². The van der Waals surface area contributed by atoms with Crippen molar-refractivity contribution in [3.05, 3.63) is 58.9 Å². The number of piperidine rings is 1. The Kier molecular flexibility index (Phi) is 5.28. The minimum absolute atomic E-state index is 0.183. The highest BCUT2D eigenvalue weighted by molar-refractivity contribution is 5.48. The van der Waals surface area contributed by atoms with Crippen molar-refractivity contribution >= 4 is 0 Å². The van der Waals surface area contributed by atoms with Gasteiger partial charge in [0, 0.05) is 48.9 Å². The highest BCUT2D eigenvalue weighted by atomic mass is 16.3. The van der Waals surface area contributed by atoms with Gasteiger partial charge in [-0.1, -0.05) is 12.1 Å². The molecule has 0 radical (unpaired) electrons. The van der Waals surface area contributed by atoms with Crippen molar-refractivity contribution in [2.75, 3.05) is 32.7 Å². The topological polar surface area (TPSA) is 59.8 Å². The van der Waals surface area contributed by atoms with Gasteiger partial charge in [0.1, 0.15) is 5.75 Å². The number of pyridine rings is 1. The highest BCUT2D eigenvalue weighted by Gasteiger charge is 2.63. The summed E-state index contributed by atoms with van der Waals surface area (Å²) in [5, 5.41) is 22.9. The van der Waals surface area contributed by atoms with Crippen molar-refractivity contribution < 1.29 is 10.2 Å². The molecule has 2 saturated heterocycles. The van der Waals surface area contributed by atoms with E-state index in [1.165, 1.54) is 24.0 Å². The number of nitrogens with zero attached hydrogens (tertiary/aromatic N) is 3. The molecule has 5 heteroatoms. The number of hydrogen-bond acceptors (Lipinski definition) is 5. The van der Waals surface area contributed by atoms with Gasteiger partial charge in [0.15, 0.2) is 0 Å². The van der Waals surface area contributed by atoms with Gasteiger partial charge < -0.3 is 15.1 Å². The number of likely N-dealkylation sites (tertiary alicyclic amines) is 2. The van der Waals surface area contributed by atoms with Gasteiger partial charge in [-0.15, -0.1) is 0 Å². The van der Waals surface area contributed by atoms with E-state index >= 15 is 0 Å².